The predicted molar refractivity (Wildman–Crippen MR) is 70.1 cm³/mol. The Balaban J connectivity index is 2.59. The molecule has 0 aromatic heterocycles. The van der Waals surface area contributed by atoms with Crippen LogP contribution in [-0.2, 0) is 0 Å². The smallest absolute Gasteiger partial charge is 0.324 e. The first-order chi connectivity index (χ1) is 9.11. The van der Waals surface area contributed by atoms with Crippen LogP contribution in [0.3, 0.4) is 0 Å². The average molecular weight is 256 g/mol. The fraction of sp³-hybridized carbons (Fsp3) is 0. The summed E-state index contributed by atoms with van der Waals surface area (Å²) in [5, 5.41) is 11.0. The second kappa shape index (κ2) is 5.18. The lowest BCUT2D eigenvalue weighted by molar-refractivity contribution is -0.384. The molecule has 2 aromatic carbocycles. The normalized spacial score (nSPS) is 9.89. The van der Waals surface area contributed by atoms with Gasteiger partial charge in [-0.3, -0.25) is 15.0 Å². The molecule has 2 N–H and O–H groups in total. The maximum Gasteiger partial charge on any atom is 0.324 e. The molecule has 0 saturated heterocycles. The first kappa shape index (κ1) is 12.6. The van der Waals surface area contributed by atoms with Crippen LogP contribution in [0.4, 0.5) is 21.9 Å². The number of para-hydroxylation sites is 3. The lowest BCUT2D eigenvalue weighted by Crippen LogP contribution is -2.31. The van der Waals surface area contributed by atoms with Crippen molar-refractivity contribution in [3.63, 3.8) is 0 Å². The van der Waals surface area contributed by atoms with E-state index in [1.807, 2.05) is 0 Å². The van der Waals surface area contributed by atoms with Gasteiger partial charge in [-0.05, 0) is 12.1 Å². The number of carbonyl (C=O) groups excluding carboxylic acids is 1. The minimum atomic E-state index is -0.809. The highest BCUT2D eigenvalue weighted by atomic mass is 16.6. The number of amides is 2. The molecule has 95 valence electrons. The number of nitro groups is 1. The highest BCUT2D eigenvalue weighted by Gasteiger charge is 2.23. The van der Waals surface area contributed by atoms with Gasteiger partial charge in [-0.1, -0.05) is 30.3 Å². The molecule has 19 heavy (non-hydrogen) atoms. The molecule has 0 saturated carbocycles. The van der Waals surface area contributed by atoms with Crippen molar-refractivity contribution in [2.75, 3.05) is 4.90 Å². The molecule has 0 atom stereocenters. The van der Waals surface area contributed by atoms with Gasteiger partial charge in [0.2, 0.25) is 0 Å². The molecule has 6 nitrogen and oxygen atoms in total. The van der Waals surface area contributed by atoms with E-state index < -0.39 is 11.0 Å². The number of hydrogen-bond donors (Lipinski definition) is 1. The Kier molecular flexibility index (Phi) is 3.42. The van der Waals surface area contributed by atoms with Gasteiger partial charge in [-0.2, -0.15) is 0 Å². The Hall–Kier alpha value is -2.89. The zero-order chi connectivity index (χ0) is 13.8. The number of carbonyl (C=O) groups is 1. The monoisotopic (exact) mass is 256 g/mol. The molecule has 0 aliphatic carbocycles. The third kappa shape index (κ3) is 2.52. The fourth-order valence-corrected chi connectivity index (χ4v) is 1.70. The van der Waals surface area contributed by atoms with Crippen molar-refractivity contribution in [3.05, 3.63) is 64.7 Å². The molecule has 0 aliphatic rings. The molecular weight excluding hydrogens is 246 g/mol. The summed E-state index contributed by atoms with van der Waals surface area (Å²) in [6.07, 6.45) is 0. The molecule has 0 heterocycles. The van der Waals surface area contributed by atoms with Gasteiger partial charge in [0, 0.05) is 12.1 Å². The number of benzene rings is 2. The van der Waals surface area contributed by atoms with Crippen LogP contribution < -0.4 is 10.6 Å². The van der Waals surface area contributed by atoms with Gasteiger partial charge in [0.1, 0.15) is 5.69 Å². The first-order valence-corrected chi connectivity index (χ1v) is 5.41. The van der Waals surface area contributed by atoms with Crippen LogP contribution in [0.25, 0.3) is 0 Å². The lowest BCUT2D eigenvalue weighted by atomic mass is 10.2. The Bertz CT molecular complexity index is 614. The summed E-state index contributed by atoms with van der Waals surface area (Å²) in [5.74, 6) is 0. The quantitative estimate of drug-likeness (QED) is 0.676. The number of nitrogens with zero attached hydrogens (tertiary/aromatic N) is 2. The Morgan fingerprint density at radius 1 is 1.21 bits per heavy atom. The van der Waals surface area contributed by atoms with Crippen molar-refractivity contribution >= 4 is 23.1 Å². The molecule has 1 radical (unpaired) electrons. The van der Waals surface area contributed by atoms with E-state index in [2.05, 4.69) is 6.07 Å². The van der Waals surface area contributed by atoms with E-state index in [0.29, 0.717) is 5.69 Å². The predicted octanol–water partition coefficient (Wildman–Crippen LogP) is 2.61. The number of urea groups is 1. The SMILES string of the molecule is NC(=O)N(c1[c]cccc1)c1ccccc1[N+](=O)[O-]. The molecule has 2 amide bonds. The van der Waals surface area contributed by atoms with Gasteiger partial charge in [0.25, 0.3) is 5.69 Å². The van der Waals surface area contributed by atoms with Crippen LogP contribution in [0.1, 0.15) is 0 Å². The second-order valence-corrected chi connectivity index (χ2v) is 3.67. The third-order valence-corrected chi connectivity index (χ3v) is 2.47. The molecule has 0 fully saturated rings. The van der Waals surface area contributed by atoms with Crippen molar-refractivity contribution in [1.29, 1.82) is 0 Å². The number of rotatable bonds is 3. The van der Waals surface area contributed by atoms with Gasteiger partial charge in [0.15, 0.2) is 0 Å². The van der Waals surface area contributed by atoms with E-state index in [-0.39, 0.29) is 11.4 Å². The highest BCUT2D eigenvalue weighted by molar-refractivity contribution is 6.00. The van der Waals surface area contributed by atoms with Crippen LogP contribution in [0.2, 0.25) is 0 Å². The van der Waals surface area contributed by atoms with E-state index in [1.54, 1.807) is 30.3 Å². The average Bonchev–Trinajstić information content (AvgIpc) is 2.40. The topological polar surface area (TPSA) is 89.5 Å². The number of nitrogens with two attached hydrogens (primary N) is 1. The first-order valence-electron chi connectivity index (χ1n) is 5.41. The summed E-state index contributed by atoms with van der Waals surface area (Å²) < 4.78 is 0. The van der Waals surface area contributed by atoms with E-state index in [9.17, 15) is 14.9 Å². The summed E-state index contributed by atoms with van der Waals surface area (Å²) in [6.45, 7) is 0. The lowest BCUT2D eigenvalue weighted by Gasteiger charge is -2.19. The van der Waals surface area contributed by atoms with E-state index in [1.165, 1.54) is 18.2 Å². The van der Waals surface area contributed by atoms with Crippen LogP contribution in [-0.4, -0.2) is 11.0 Å². The van der Waals surface area contributed by atoms with Gasteiger partial charge in [0.05, 0.1) is 10.6 Å². The van der Waals surface area contributed by atoms with E-state index in [4.69, 9.17) is 5.73 Å². The zero-order valence-electron chi connectivity index (χ0n) is 9.82. The summed E-state index contributed by atoms with van der Waals surface area (Å²) in [5.41, 5.74) is 5.58. The minimum Gasteiger partial charge on any atom is -0.351 e. The molecule has 0 aliphatic heterocycles. The Labute approximate surface area is 109 Å². The summed E-state index contributed by atoms with van der Waals surface area (Å²) in [4.78, 5) is 23.1. The van der Waals surface area contributed by atoms with Crippen molar-refractivity contribution < 1.29 is 9.72 Å². The molecule has 0 unspecified atom stereocenters. The number of anilines is 2. The van der Waals surface area contributed by atoms with Gasteiger partial charge >= 0.3 is 6.03 Å². The van der Waals surface area contributed by atoms with Crippen molar-refractivity contribution in [2.45, 2.75) is 0 Å². The zero-order valence-corrected chi connectivity index (χ0v) is 9.82. The summed E-state index contributed by atoms with van der Waals surface area (Å²) in [6, 6.07) is 14.5. The molecule has 2 aromatic rings. The number of nitro benzene ring substituents is 1. The van der Waals surface area contributed by atoms with Crippen molar-refractivity contribution in [1.82, 2.24) is 0 Å². The van der Waals surface area contributed by atoms with Crippen LogP contribution >= 0.6 is 0 Å². The van der Waals surface area contributed by atoms with Crippen LogP contribution in [0.5, 0.6) is 0 Å². The second-order valence-electron chi connectivity index (χ2n) is 3.67. The van der Waals surface area contributed by atoms with Crippen molar-refractivity contribution in [2.24, 2.45) is 5.73 Å². The Morgan fingerprint density at radius 3 is 2.47 bits per heavy atom. The van der Waals surface area contributed by atoms with Gasteiger partial charge in [-0.15, -0.1) is 0 Å². The molecule has 6 heteroatoms. The van der Waals surface area contributed by atoms with Crippen LogP contribution in [0, 0.1) is 16.2 Å². The summed E-state index contributed by atoms with van der Waals surface area (Å²) >= 11 is 0. The summed E-state index contributed by atoms with van der Waals surface area (Å²) in [7, 11) is 0. The van der Waals surface area contributed by atoms with Crippen LogP contribution in [0.15, 0.2) is 48.5 Å². The van der Waals surface area contributed by atoms with Crippen molar-refractivity contribution in [3.8, 4) is 0 Å². The molecule has 2 rings (SSSR count). The highest BCUT2D eigenvalue weighted by Crippen LogP contribution is 2.32. The fourth-order valence-electron chi connectivity index (χ4n) is 1.70. The number of hydrogen-bond acceptors (Lipinski definition) is 3. The minimum absolute atomic E-state index is 0.113. The van der Waals surface area contributed by atoms with E-state index in [0.717, 1.165) is 4.90 Å². The number of primary amides is 1. The molecule has 0 bridgehead atoms. The molecular formula is C13H10N3O3. The third-order valence-electron chi connectivity index (χ3n) is 2.47. The van der Waals surface area contributed by atoms with Gasteiger partial charge < -0.3 is 5.73 Å². The van der Waals surface area contributed by atoms with E-state index >= 15 is 0 Å². The maximum absolute atomic E-state index is 11.6. The maximum atomic E-state index is 11.6. The van der Waals surface area contributed by atoms with Gasteiger partial charge in [-0.25, -0.2) is 4.79 Å². The largest absolute Gasteiger partial charge is 0.351 e. The Morgan fingerprint density at radius 2 is 1.89 bits per heavy atom. The standard InChI is InChI=1S/C13H10N3O3/c14-13(17)15(10-6-2-1-3-7-10)11-8-4-5-9-12(11)16(18)19/h1-6,8-9H,(H2,14,17). The molecule has 0 spiro atoms.